The molecule has 3 aromatic carbocycles. The zero-order chi connectivity index (χ0) is 23.5. The van der Waals surface area contributed by atoms with E-state index in [-0.39, 0.29) is 11.4 Å². The molecule has 0 aromatic heterocycles. The Hall–Kier alpha value is -2.59. The summed E-state index contributed by atoms with van der Waals surface area (Å²) in [5.74, 6) is -5.74. The molecule has 32 heavy (non-hydrogen) atoms. The van der Waals surface area contributed by atoms with Gasteiger partial charge < -0.3 is 5.32 Å². The van der Waals surface area contributed by atoms with Crippen LogP contribution < -0.4 is 5.32 Å². The number of nitrogens with zero attached hydrogens (tertiary/aromatic N) is 1. The van der Waals surface area contributed by atoms with E-state index in [4.69, 9.17) is 23.2 Å². The Bertz CT molecular complexity index is 1260. The standard InChI is InChI=1S/C21H15Cl2F3N2O3S/c22-14-4-6-16(7-5-14)32(30,31)28(11-13-2-1-3-15(23)10-13)12-19(29)27-18-9-8-17(24)20(25)21(18)26/h1-10H,11-12H2,(H,27,29). The highest BCUT2D eigenvalue weighted by atomic mass is 35.5. The van der Waals surface area contributed by atoms with Crippen molar-refractivity contribution in [3.8, 4) is 0 Å². The molecule has 0 spiro atoms. The van der Waals surface area contributed by atoms with Crippen LogP contribution in [0, 0.1) is 17.5 Å². The first-order valence-corrected chi connectivity index (χ1v) is 11.2. The first kappa shape index (κ1) is 24.1. The molecule has 0 radical (unpaired) electrons. The van der Waals surface area contributed by atoms with Gasteiger partial charge in [-0.15, -0.1) is 0 Å². The molecular weight excluding hydrogens is 488 g/mol. The van der Waals surface area contributed by atoms with Crippen molar-refractivity contribution in [2.45, 2.75) is 11.4 Å². The molecule has 5 nitrogen and oxygen atoms in total. The first-order chi connectivity index (χ1) is 15.1. The van der Waals surface area contributed by atoms with Gasteiger partial charge in [0.15, 0.2) is 17.5 Å². The average molecular weight is 503 g/mol. The summed E-state index contributed by atoms with van der Waals surface area (Å²) in [7, 11) is -4.20. The summed E-state index contributed by atoms with van der Waals surface area (Å²) in [4.78, 5) is 12.4. The summed E-state index contributed by atoms with van der Waals surface area (Å²) in [6.45, 7) is -0.977. The van der Waals surface area contributed by atoms with E-state index in [0.717, 1.165) is 10.4 Å². The van der Waals surface area contributed by atoms with Gasteiger partial charge in [-0.3, -0.25) is 4.79 Å². The number of anilines is 1. The zero-order valence-corrected chi connectivity index (χ0v) is 18.5. The number of rotatable bonds is 7. The molecule has 0 aliphatic carbocycles. The van der Waals surface area contributed by atoms with Crippen molar-refractivity contribution in [2.24, 2.45) is 0 Å². The maximum Gasteiger partial charge on any atom is 0.243 e. The summed E-state index contributed by atoms with van der Waals surface area (Å²) in [6.07, 6.45) is 0. The summed E-state index contributed by atoms with van der Waals surface area (Å²) >= 11 is 11.8. The normalized spacial score (nSPS) is 11.6. The molecule has 0 aliphatic rings. The van der Waals surface area contributed by atoms with E-state index >= 15 is 0 Å². The lowest BCUT2D eigenvalue weighted by atomic mass is 10.2. The average Bonchev–Trinajstić information content (AvgIpc) is 2.74. The summed E-state index contributed by atoms with van der Waals surface area (Å²) < 4.78 is 67.6. The molecule has 1 amide bonds. The van der Waals surface area contributed by atoms with Crippen molar-refractivity contribution in [1.82, 2.24) is 4.31 Å². The largest absolute Gasteiger partial charge is 0.322 e. The second-order valence-corrected chi connectivity index (χ2v) is 9.44. The highest BCUT2D eigenvalue weighted by molar-refractivity contribution is 7.89. The van der Waals surface area contributed by atoms with E-state index < -0.39 is 45.6 Å². The SMILES string of the molecule is O=C(CN(Cc1cccc(Cl)c1)S(=O)(=O)c1ccc(Cl)cc1)Nc1ccc(F)c(F)c1F. The van der Waals surface area contributed by atoms with Gasteiger partial charge in [0, 0.05) is 16.6 Å². The molecule has 0 aliphatic heterocycles. The number of hydrogen-bond donors (Lipinski definition) is 1. The van der Waals surface area contributed by atoms with E-state index in [1.807, 2.05) is 0 Å². The van der Waals surface area contributed by atoms with Crippen LogP contribution in [0.1, 0.15) is 5.56 Å². The van der Waals surface area contributed by atoms with Gasteiger partial charge in [0.2, 0.25) is 15.9 Å². The Balaban J connectivity index is 1.90. The van der Waals surface area contributed by atoms with Gasteiger partial charge in [-0.1, -0.05) is 35.3 Å². The number of hydrogen-bond acceptors (Lipinski definition) is 3. The van der Waals surface area contributed by atoms with Crippen LogP contribution in [0.2, 0.25) is 10.0 Å². The molecule has 0 fully saturated rings. The number of carbonyl (C=O) groups excluding carboxylic acids is 1. The van der Waals surface area contributed by atoms with Crippen molar-refractivity contribution in [2.75, 3.05) is 11.9 Å². The smallest absolute Gasteiger partial charge is 0.243 e. The number of carbonyl (C=O) groups is 1. The number of amides is 1. The van der Waals surface area contributed by atoms with Crippen LogP contribution in [0.5, 0.6) is 0 Å². The van der Waals surface area contributed by atoms with Gasteiger partial charge in [0.1, 0.15) is 0 Å². The number of halogens is 5. The van der Waals surface area contributed by atoms with Crippen LogP contribution >= 0.6 is 23.2 Å². The minimum absolute atomic E-state index is 0.129. The Morgan fingerprint density at radius 2 is 1.59 bits per heavy atom. The fourth-order valence-corrected chi connectivity index (χ4v) is 4.52. The Morgan fingerprint density at radius 3 is 2.25 bits per heavy atom. The maximum atomic E-state index is 13.9. The Kier molecular flexibility index (Phi) is 7.45. The Labute approximate surface area is 192 Å². The molecule has 168 valence electrons. The van der Waals surface area contributed by atoms with E-state index in [0.29, 0.717) is 21.7 Å². The van der Waals surface area contributed by atoms with E-state index in [2.05, 4.69) is 5.32 Å². The molecule has 0 bridgehead atoms. The van der Waals surface area contributed by atoms with E-state index in [1.54, 1.807) is 18.2 Å². The summed E-state index contributed by atoms with van der Waals surface area (Å²) in [5, 5.41) is 2.74. The van der Waals surface area contributed by atoms with Gasteiger partial charge in [0.25, 0.3) is 0 Å². The van der Waals surface area contributed by atoms with Crippen LogP contribution in [0.25, 0.3) is 0 Å². The van der Waals surface area contributed by atoms with Crippen molar-refractivity contribution < 1.29 is 26.4 Å². The third-order valence-electron chi connectivity index (χ3n) is 4.33. The van der Waals surface area contributed by atoms with Gasteiger partial charge >= 0.3 is 0 Å². The van der Waals surface area contributed by atoms with Crippen LogP contribution in [-0.4, -0.2) is 25.2 Å². The number of sulfonamides is 1. The summed E-state index contributed by atoms with van der Waals surface area (Å²) in [6, 6.07) is 13.1. The topological polar surface area (TPSA) is 66.5 Å². The zero-order valence-electron chi connectivity index (χ0n) is 16.2. The minimum atomic E-state index is -4.20. The highest BCUT2D eigenvalue weighted by Gasteiger charge is 2.27. The van der Waals surface area contributed by atoms with Gasteiger partial charge in [-0.25, -0.2) is 21.6 Å². The van der Waals surface area contributed by atoms with Crippen LogP contribution in [0.15, 0.2) is 65.6 Å². The van der Waals surface area contributed by atoms with Crippen molar-refractivity contribution in [3.63, 3.8) is 0 Å². The third kappa shape index (κ3) is 5.60. The molecule has 0 unspecified atom stereocenters. The molecule has 0 saturated heterocycles. The van der Waals surface area contributed by atoms with Crippen LogP contribution in [-0.2, 0) is 21.4 Å². The fourth-order valence-electron chi connectivity index (χ4n) is 2.79. The molecule has 0 heterocycles. The molecule has 11 heteroatoms. The maximum absolute atomic E-state index is 13.9. The number of nitrogens with one attached hydrogen (secondary N) is 1. The number of benzene rings is 3. The highest BCUT2D eigenvalue weighted by Crippen LogP contribution is 2.23. The van der Waals surface area contributed by atoms with Gasteiger partial charge in [-0.05, 0) is 54.1 Å². The molecule has 3 aromatic rings. The predicted molar refractivity (Wildman–Crippen MR) is 115 cm³/mol. The molecular formula is C21H15Cl2F3N2O3S. The van der Waals surface area contributed by atoms with E-state index in [1.165, 1.54) is 30.3 Å². The van der Waals surface area contributed by atoms with Crippen molar-refractivity contribution >= 4 is 44.8 Å². The second-order valence-electron chi connectivity index (χ2n) is 6.63. The first-order valence-electron chi connectivity index (χ1n) is 9.01. The lowest BCUT2D eigenvalue weighted by Gasteiger charge is -2.22. The van der Waals surface area contributed by atoms with Gasteiger partial charge in [0.05, 0.1) is 17.1 Å². The fraction of sp³-hybridized carbons (Fsp3) is 0.0952. The lowest BCUT2D eigenvalue weighted by molar-refractivity contribution is -0.116. The van der Waals surface area contributed by atoms with Crippen LogP contribution in [0.3, 0.4) is 0 Å². The monoisotopic (exact) mass is 502 g/mol. The Morgan fingerprint density at radius 1 is 0.906 bits per heavy atom. The predicted octanol–water partition coefficient (Wildman–Crippen LogP) is 5.24. The molecule has 3 rings (SSSR count). The van der Waals surface area contributed by atoms with Crippen molar-refractivity contribution in [3.05, 3.63) is 93.7 Å². The minimum Gasteiger partial charge on any atom is -0.322 e. The molecule has 0 saturated carbocycles. The molecule has 1 N–H and O–H groups in total. The van der Waals surface area contributed by atoms with Crippen LogP contribution in [0.4, 0.5) is 18.9 Å². The van der Waals surface area contributed by atoms with E-state index in [9.17, 15) is 26.4 Å². The van der Waals surface area contributed by atoms with Gasteiger partial charge in [-0.2, -0.15) is 4.31 Å². The second kappa shape index (κ2) is 9.91. The quantitative estimate of drug-likeness (QED) is 0.449. The third-order valence-corrected chi connectivity index (χ3v) is 6.62. The molecule has 0 atom stereocenters. The lowest BCUT2D eigenvalue weighted by Crippen LogP contribution is -2.37. The summed E-state index contributed by atoms with van der Waals surface area (Å²) in [5.41, 5.74) is -0.137. The van der Waals surface area contributed by atoms with Crippen molar-refractivity contribution in [1.29, 1.82) is 0 Å².